The van der Waals surface area contributed by atoms with E-state index in [-0.39, 0.29) is 11.9 Å². The van der Waals surface area contributed by atoms with E-state index in [9.17, 15) is 4.39 Å². The molecular weight excluding hydrogens is 405 g/mol. The first-order valence-electron chi connectivity index (χ1n) is 10.4. The number of fused-ring (bicyclic) bond motifs is 1. The van der Waals surface area contributed by atoms with Crippen molar-refractivity contribution < 1.29 is 8.81 Å². The molecule has 0 aliphatic heterocycles. The number of aryl methyl sites for hydroxylation is 1. The van der Waals surface area contributed by atoms with Crippen LogP contribution < -0.4 is 5.32 Å². The van der Waals surface area contributed by atoms with Gasteiger partial charge in [0, 0.05) is 36.0 Å². The van der Waals surface area contributed by atoms with E-state index in [0.717, 1.165) is 39.4 Å². The second-order valence-corrected chi connectivity index (χ2v) is 7.88. The van der Waals surface area contributed by atoms with Crippen LogP contribution in [0.4, 0.5) is 15.9 Å². The Balaban J connectivity index is 1.53. The van der Waals surface area contributed by atoms with Gasteiger partial charge in [0.05, 0.1) is 11.7 Å². The summed E-state index contributed by atoms with van der Waals surface area (Å²) in [4.78, 5) is 13.6. The van der Waals surface area contributed by atoms with Crippen molar-refractivity contribution in [3.05, 3.63) is 78.7 Å². The van der Waals surface area contributed by atoms with Crippen LogP contribution in [0.2, 0.25) is 0 Å². The molecule has 6 nitrogen and oxygen atoms in total. The smallest absolute Gasteiger partial charge is 0.191 e. The second-order valence-electron chi connectivity index (χ2n) is 7.88. The van der Waals surface area contributed by atoms with Crippen LogP contribution in [0.3, 0.4) is 0 Å². The third-order valence-corrected chi connectivity index (χ3v) is 5.28. The van der Waals surface area contributed by atoms with Crippen molar-refractivity contribution in [2.24, 2.45) is 0 Å². The monoisotopic (exact) mass is 427 g/mol. The Kier molecular flexibility index (Phi) is 4.93. The number of halogens is 1. The Labute approximate surface area is 184 Å². The molecule has 0 amide bonds. The lowest BCUT2D eigenvalue weighted by atomic mass is 10.1. The van der Waals surface area contributed by atoms with Crippen LogP contribution >= 0.6 is 0 Å². The zero-order chi connectivity index (χ0) is 22.2. The van der Waals surface area contributed by atoms with Gasteiger partial charge in [0.15, 0.2) is 17.5 Å². The average molecular weight is 427 g/mol. The van der Waals surface area contributed by atoms with Gasteiger partial charge in [-0.1, -0.05) is 0 Å². The van der Waals surface area contributed by atoms with Gasteiger partial charge in [-0.25, -0.2) is 19.3 Å². The average Bonchev–Trinajstić information content (AvgIpc) is 3.39. The number of hydrogen-bond acceptors (Lipinski definition) is 5. The Morgan fingerprint density at radius 2 is 1.66 bits per heavy atom. The van der Waals surface area contributed by atoms with Crippen molar-refractivity contribution in [3.8, 4) is 22.7 Å². The molecule has 0 saturated heterocycles. The molecule has 5 rings (SSSR count). The van der Waals surface area contributed by atoms with Crippen molar-refractivity contribution >= 4 is 22.5 Å². The number of aromatic nitrogens is 4. The highest BCUT2D eigenvalue weighted by atomic mass is 19.1. The number of imidazole rings is 1. The van der Waals surface area contributed by atoms with Crippen LogP contribution in [0.5, 0.6) is 0 Å². The van der Waals surface area contributed by atoms with E-state index in [4.69, 9.17) is 9.40 Å². The predicted octanol–water partition coefficient (Wildman–Crippen LogP) is 6.53. The third kappa shape index (κ3) is 3.62. The number of pyridine rings is 1. The Hall–Kier alpha value is -4.00. The van der Waals surface area contributed by atoms with E-state index in [2.05, 4.69) is 33.7 Å². The van der Waals surface area contributed by atoms with Gasteiger partial charge in [-0.15, -0.1) is 0 Å². The van der Waals surface area contributed by atoms with Crippen LogP contribution in [0, 0.1) is 12.7 Å². The predicted molar refractivity (Wildman–Crippen MR) is 123 cm³/mol. The van der Waals surface area contributed by atoms with Gasteiger partial charge >= 0.3 is 0 Å². The summed E-state index contributed by atoms with van der Waals surface area (Å²) in [6, 6.07) is 16.4. The lowest BCUT2D eigenvalue weighted by molar-refractivity contribution is 0.534. The van der Waals surface area contributed by atoms with Gasteiger partial charge in [0.1, 0.15) is 17.2 Å². The molecule has 0 fully saturated rings. The van der Waals surface area contributed by atoms with Crippen molar-refractivity contribution in [2.75, 3.05) is 5.32 Å². The summed E-state index contributed by atoms with van der Waals surface area (Å²) in [5.41, 5.74) is 4.41. The van der Waals surface area contributed by atoms with Crippen molar-refractivity contribution in [1.29, 1.82) is 0 Å². The maximum absolute atomic E-state index is 13.5. The van der Waals surface area contributed by atoms with E-state index in [0.29, 0.717) is 11.7 Å². The van der Waals surface area contributed by atoms with Crippen LogP contribution in [-0.2, 0) is 0 Å². The highest BCUT2D eigenvalue weighted by Gasteiger charge is 2.18. The summed E-state index contributed by atoms with van der Waals surface area (Å²) in [6.45, 7) is 6.03. The van der Waals surface area contributed by atoms with Gasteiger partial charge in [-0.3, -0.25) is 0 Å². The van der Waals surface area contributed by atoms with E-state index >= 15 is 0 Å². The lowest BCUT2D eigenvalue weighted by Crippen LogP contribution is -2.03. The molecule has 7 heteroatoms. The molecule has 5 aromatic rings. The zero-order valence-electron chi connectivity index (χ0n) is 18.0. The first kappa shape index (κ1) is 19.9. The molecule has 0 atom stereocenters. The Morgan fingerprint density at radius 3 is 2.31 bits per heavy atom. The summed E-state index contributed by atoms with van der Waals surface area (Å²) in [6.07, 6.45) is 3.49. The van der Waals surface area contributed by atoms with Gasteiger partial charge in [0.25, 0.3) is 0 Å². The minimum absolute atomic E-state index is 0.167. The number of oxazole rings is 1. The highest BCUT2D eigenvalue weighted by molar-refractivity contribution is 5.91. The summed E-state index contributed by atoms with van der Waals surface area (Å²) in [5, 5.41) is 3.38. The van der Waals surface area contributed by atoms with Crippen LogP contribution in [0.1, 0.15) is 25.8 Å². The van der Waals surface area contributed by atoms with E-state index in [1.807, 2.05) is 37.3 Å². The number of benzene rings is 2. The van der Waals surface area contributed by atoms with Gasteiger partial charge < -0.3 is 14.3 Å². The molecule has 2 aromatic carbocycles. The molecule has 0 unspecified atom stereocenters. The molecule has 32 heavy (non-hydrogen) atoms. The molecule has 1 N–H and O–H groups in total. The number of nitrogens with zero attached hydrogens (tertiary/aromatic N) is 4. The normalized spacial score (nSPS) is 11.4. The third-order valence-electron chi connectivity index (χ3n) is 5.28. The van der Waals surface area contributed by atoms with Gasteiger partial charge in [-0.05, 0) is 68.4 Å². The molecule has 0 aliphatic carbocycles. The fraction of sp³-hybridized carbons (Fsp3) is 0.160. The van der Waals surface area contributed by atoms with Crippen molar-refractivity contribution in [3.63, 3.8) is 0 Å². The summed E-state index contributed by atoms with van der Waals surface area (Å²) in [5.74, 6) is 2.54. The van der Waals surface area contributed by atoms with E-state index in [1.54, 1.807) is 24.5 Å². The molecule has 0 spiro atoms. The number of hydrogen-bond donors (Lipinski definition) is 1. The summed E-state index contributed by atoms with van der Waals surface area (Å²) in [7, 11) is 0. The zero-order valence-corrected chi connectivity index (χ0v) is 18.0. The fourth-order valence-electron chi connectivity index (χ4n) is 3.79. The number of rotatable bonds is 5. The largest absolute Gasteiger partial charge is 0.441 e. The molecule has 0 radical (unpaired) electrons. The summed E-state index contributed by atoms with van der Waals surface area (Å²) < 4.78 is 21.2. The van der Waals surface area contributed by atoms with Gasteiger partial charge in [-0.2, -0.15) is 0 Å². The Morgan fingerprint density at radius 1 is 0.938 bits per heavy atom. The van der Waals surface area contributed by atoms with Crippen LogP contribution in [0.15, 0.2) is 71.4 Å². The first-order valence-corrected chi connectivity index (χ1v) is 10.4. The highest BCUT2D eigenvalue weighted by Crippen LogP contribution is 2.32. The molecule has 0 bridgehead atoms. The fourth-order valence-corrected chi connectivity index (χ4v) is 3.79. The minimum Gasteiger partial charge on any atom is -0.441 e. The van der Waals surface area contributed by atoms with Crippen molar-refractivity contribution in [2.45, 2.75) is 26.8 Å². The molecule has 0 aliphatic rings. The lowest BCUT2D eigenvalue weighted by Gasteiger charge is -2.13. The maximum atomic E-state index is 13.5. The number of anilines is 2. The van der Waals surface area contributed by atoms with Crippen molar-refractivity contribution in [1.82, 2.24) is 19.5 Å². The van der Waals surface area contributed by atoms with Gasteiger partial charge in [0.2, 0.25) is 0 Å². The molecule has 3 heterocycles. The van der Waals surface area contributed by atoms with E-state index < -0.39 is 0 Å². The van der Waals surface area contributed by atoms with Crippen LogP contribution in [-0.4, -0.2) is 19.5 Å². The standard InChI is InChI=1S/C25H22FN5O/c1-15(2)31-21-12-13-27-24(23(21)30-25(31)18-4-8-19(26)9-5-18)29-20-10-6-17(7-11-20)22-14-28-16(3)32-22/h4-15H,1-3H3,(H,27,29). The van der Waals surface area contributed by atoms with Crippen LogP contribution in [0.25, 0.3) is 33.7 Å². The molecule has 160 valence electrons. The quantitative estimate of drug-likeness (QED) is 0.346. The minimum atomic E-state index is -0.270. The second kappa shape index (κ2) is 7.92. The Bertz CT molecular complexity index is 1380. The molecular formula is C25H22FN5O. The molecule has 0 saturated carbocycles. The molecule has 3 aromatic heterocycles. The SMILES string of the molecule is Cc1ncc(-c2ccc(Nc3nccc4c3nc(-c3ccc(F)cc3)n4C(C)C)cc2)o1. The van der Waals surface area contributed by atoms with E-state index in [1.165, 1.54) is 12.1 Å². The number of nitrogens with one attached hydrogen (secondary N) is 1. The maximum Gasteiger partial charge on any atom is 0.191 e. The topological polar surface area (TPSA) is 68.8 Å². The summed E-state index contributed by atoms with van der Waals surface area (Å²) >= 11 is 0. The first-order chi connectivity index (χ1) is 15.5.